The van der Waals surface area contributed by atoms with Gasteiger partial charge in [0, 0.05) is 17.8 Å². The summed E-state index contributed by atoms with van der Waals surface area (Å²) >= 11 is 0. The van der Waals surface area contributed by atoms with Crippen molar-refractivity contribution in [1.82, 2.24) is 0 Å². The van der Waals surface area contributed by atoms with Crippen molar-refractivity contribution in [3.05, 3.63) is 53.6 Å². The Kier molecular flexibility index (Phi) is 5.62. The average Bonchev–Trinajstić information content (AvgIpc) is 2.50. The fourth-order valence-corrected chi connectivity index (χ4v) is 3.29. The molecule has 2 aromatic carbocycles. The lowest BCUT2D eigenvalue weighted by atomic mass is 10.1. The van der Waals surface area contributed by atoms with Gasteiger partial charge >= 0.3 is 0 Å². The summed E-state index contributed by atoms with van der Waals surface area (Å²) in [5.74, 6) is -0.0476. The molecule has 2 N–H and O–H groups in total. The number of hydrogen-bond donors (Lipinski definition) is 2. The van der Waals surface area contributed by atoms with Gasteiger partial charge in [-0.3, -0.25) is 9.52 Å². The molecule has 0 aliphatic carbocycles. The van der Waals surface area contributed by atoms with E-state index in [1.807, 2.05) is 20.8 Å². The molecule has 5 nitrogen and oxygen atoms in total. The van der Waals surface area contributed by atoms with Crippen molar-refractivity contribution in [3.8, 4) is 0 Å². The van der Waals surface area contributed by atoms with E-state index < -0.39 is 10.0 Å². The molecule has 0 atom stereocenters. The van der Waals surface area contributed by atoms with Crippen molar-refractivity contribution < 1.29 is 13.2 Å². The summed E-state index contributed by atoms with van der Waals surface area (Å²) in [6, 6.07) is 11.7. The van der Waals surface area contributed by atoms with Crippen LogP contribution in [-0.4, -0.2) is 14.3 Å². The second-order valence-corrected chi connectivity index (χ2v) is 7.43. The maximum Gasteiger partial charge on any atom is 0.261 e. The summed E-state index contributed by atoms with van der Waals surface area (Å²) in [5, 5.41) is 2.82. The Morgan fingerprint density at radius 1 is 1.04 bits per heavy atom. The first-order chi connectivity index (χ1) is 11.3. The first-order valence-corrected chi connectivity index (χ1v) is 9.30. The Morgan fingerprint density at radius 3 is 2.29 bits per heavy atom. The number of benzene rings is 2. The van der Waals surface area contributed by atoms with Crippen LogP contribution in [0.1, 0.15) is 30.9 Å². The minimum atomic E-state index is -3.63. The fourth-order valence-electron chi connectivity index (χ4n) is 2.24. The van der Waals surface area contributed by atoms with Gasteiger partial charge in [0.1, 0.15) is 0 Å². The van der Waals surface area contributed by atoms with Gasteiger partial charge in [-0.2, -0.15) is 0 Å². The molecule has 6 heteroatoms. The lowest BCUT2D eigenvalue weighted by Crippen LogP contribution is -2.14. The van der Waals surface area contributed by atoms with E-state index in [0.717, 1.165) is 17.5 Å². The van der Waals surface area contributed by atoms with Crippen molar-refractivity contribution in [2.45, 2.75) is 38.5 Å². The summed E-state index contributed by atoms with van der Waals surface area (Å²) in [4.78, 5) is 11.9. The number of sulfonamides is 1. The number of nitrogens with one attached hydrogen (secondary N) is 2. The van der Waals surface area contributed by atoms with E-state index in [2.05, 4.69) is 10.0 Å². The number of aryl methyl sites for hydroxylation is 2. The number of hydrogen-bond acceptors (Lipinski definition) is 3. The third-order valence-corrected chi connectivity index (χ3v) is 4.96. The van der Waals surface area contributed by atoms with Gasteiger partial charge in [0.05, 0.1) is 4.90 Å². The lowest BCUT2D eigenvalue weighted by Gasteiger charge is -2.12. The number of amides is 1. The number of rotatable bonds is 6. The molecule has 0 aromatic heterocycles. The van der Waals surface area contributed by atoms with Crippen LogP contribution in [0, 0.1) is 13.8 Å². The molecule has 2 rings (SSSR count). The zero-order valence-corrected chi connectivity index (χ0v) is 14.9. The molecule has 0 aliphatic heterocycles. The van der Waals surface area contributed by atoms with Crippen LogP contribution in [0.2, 0.25) is 0 Å². The Balaban J connectivity index is 2.17. The van der Waals surface area contributed by atoms with Crippen LogP contribution in [0.15, 0.2) is 47.4 Å². The second kappa shape index (κ2) is 7.49. The second-order valence-electron chi connectivity index (χ2n) is 5.75. The first-order valence-electron chi connectivity index (χ1n) is 7.82. The van der Waals surface area contributed by atoms with Gasteiger partial charge in [-0.1, -0.05) is 24.6 Å². The summed E-state index contributed by atoms with van der Waals surface area (Å²) in [6.07, 6.45) is 1.24. The summed E-state index contributed by atoms with van der Waals surface area (Å²) < 4.78 is 27.3. The molecule has 0 aliphatic rings. The van der Waals surface area contributed by atoms with Crippen LogP contribution in [-0.2, 0) is 14.8 Å². The third kappa shape index (κ3) is 4.58. The molecule has 0 fully saturated rings. The van der Waals surface area contributed by atoms with Crippen molar-refractivity contribution >= 4 is 27.3 Å². The van der Waals surface area contributed by atoms with E-state index in [1.165, 1.54) is 0 Å². The maximum absolute atomic E-state index is 12.4. The third-order valence-electron chi connectivity index (χ3n) is 3.56. The first kappa shape index (κ1) is 18.0. The average molecular weight is 346 g/mol. The molecule has 0 bridgehead atoms. The van der Waals surface area contributed by atoms with Crippen molar-refractivity contribution in [2.24, 2.45) is 0 Å². The quantitative estimate of drug-likeness (QED) is 0.834. The Bertz CT molecular complexity index is 828. The van der Waals surface area contributed by atoms with E-state index in [4.69, 9.17) is 0 Å². The molecule has 2 aromatic rings. The normalized spacial score (nSPS) is 11.1. The topological polar surface area (TPSA) is 75.3 Å². The van der Waals surface area contributed by atoms with Gasteiger partial charge in [-0.25, -0.2) is 8.42 Å². The standard InChI is InChI=1S/C18H22N2O3S/c1-4-5-18(21)19-17-11-8-15(12-14(17)3)20-24(22,23)16-9-6-13(2)7-10-16/h6-12,20H,4-5H2,1-3H3,(H,19,21). The highest BCUT2D eigenvalue weighted by Crippen LogP contribution is 2.22. The number of anilines is 2. The molecule has 24 heavy (non-hydrogen) atoms. The van der Waals surface area contributed by atoms with Crippen LogP contribution < -0.4 is 10.0 Å². The molecule has 128 valence electrons. The summed E-state index contributed by atoms with van der Waals surface area (Å²) in [5.41, 5.74) is 2.94. The van der Waals surface area contributed by atoms with E-state index >= 15 is 0 Å². The van der Waals surface area contributed by atoms with Gasteiger partial charge in [0.25, 0.3) is 10.0 Å². The van der Waals surface area contributed by atoms with Crippen LogP contribution in [0.4, 0.5) is 11.4 Å². The van der Waals surface area contributed by atoms with Gasteiger partial charge < -0.3 is 5.32 Å². The smallest absolute Gasteiger partial charge is 0.261 e. The molecule has 0 heterocycles. The molecule has 0 saturated heterocycles. The molecule has 0 radical (unpaired) electrons. The predicted octanol–water partition coefficient (Wildman–Crippen LogP) is 3.84. The molecule has 0 unspecified atom stereocenters. The highest BCUT2D eigenvalue weighted by molar-refractivity contribution is 7.92. The Hall–Kier alpha value is -2.34. The van der Waals surface area contributed by atoms with E-state index in [1.54, 1.807) is 42.5 Å². The number of carbonyl (C=O) groups excluding carboxylic acids is 1. The van der Waals surface area contributed by atoms with E-state index in [-0.39, 0.29) is 10.8 Å². The van der Waals surface area contributed by atoms with Crippen LogP contribution in [0.5, 0.6) is 0 Å². The Morgan fingerprint density at radius 2 is 1.71 bits per heavy atom. The lowest BCUT2D eigenvalue weighted by molar-refractivity contribution is -0.116. The molecule has 0 spiro atoms. The zero-order valence-electron chi connectivity index (χ0n) is 14.1. The monoisotopic (exact) mass is 346 g/mol. The minimum absolute atomic E-state index is 0.0476. The SMILES string of the molecule is CCCC(=O)Nc1ccc(NS(=O)(=O)c2ccc(C)cc2)cc1C. The zero-order chi connectivity index (χ0) is 17.7. The van der Waals surface area contributed by atoms with Gasteiger partial charge in [-0.05, 0) is 56.2 Å². The molecular weight excluding hydrogens is 324 g/mol. The van der Waals surface area contributed by atoms with Crippen molar-refractivity contribution in [2.75, 3.05) is 10.0 Å². The summed E-state index contributed by atoms with van der Waals surface area (Å²) in [6.45, 7) is 5.67. The molecule has 1 amide bonds. The van der Waals surface area contributed by atoms with E-state index in [0.29, 0.717) is 17.8 Å². The predicted molar refractivity (Wildman–Crippen MR) is 96.7 cm³/mol. The van der Waals surface area contributed by atoms with E-state index in [9.17, 15) is 13.2 Å². The van der Waals surface area contributed by atoms with Gasteiger partial charge in [0.15, 0.2) is 0 Å². The minimum Gasteiger partial charge on any atom is -0.326 e. The summed E-state index contributed by atoms with van der Waals surface area (Å²) in [7, 11) is -3.63. The van der Waals surface area contributed by atoms with Crippen molar-refractivity contribution in [1.29, 1.82) is 0 Å². The van der Waals surface area contributed by atoms with Gasteiger partial charge in [0.2, 0.25) is 5.91 Å². The van der Waals surface area contributed by atoms with Crippen molar-refractivity contribution in [3.63, 3.8) is 0 Å². The molecular formula is C18H22N2O3S. The van der Waals surface area contributed by atoms with Gasteiger partial charge in [-0.15, -0.1) is 0 Å². The maximum atomic E-state index is 12.4. The van der Waals surface area contributed by atoms with Crippen LogP contribution in [0.3, 0.4) is 0 Å². The largest absolute Gasteiger partial charge is 0.326 e. The van der Waals surface area contributed by atoms with Crippen LogP contribution in [0.25, 0.3) is 0 Å². The number of carbonyl (C=O) groups is 1. The Labute approximate surface area is 143 Å². The molecule has 0 saturated carbocycles. The highest BCUT2D eigenvalue weighted by Gasteiger charge is 2.14. The van der Waals surface area contributed by atoms with Crippen LogP contribution >= 0.6 is 0 Å². The fraction of sp³-hybridized carbons (Fsp3) is 0.278. The highest BCUT2D eigenvalue weighted by atomic mass is 32.2.